The summed E-state index contributed by atoms with van der Waals surface area (Å²) in [6.45, 7) is 2.90. The summed E-state index contributed by atoms with van der Waals surface area (Å²) in [5, 5.41) is 0. The van der Waals surface area contributed by atoms with Crippen molar-refractivity contribution in [2.75, 3.05) is 0 Å². The van der Waals surface area contributed by atoms with Gasteiger partial charge in [0.1, 0.15) is 11.5 Å². The molecular weight excluding hydrogens is 184 g/mol. The molecule has 0 N–H and O–H groups in total. The molecular formula is C14H14O. The third-order valence-electron chi connectivity index (χ3n) is 1.66. The van der Waals surface area contributed by atoms with E-state index in [1.165, 1.54) is 13.8 Å². The van der Waals surface area contributed by atoms with Gasteiger partial charge in [0.15, 0.2) is 0 Å². The van der Waals surface area contributed by atoms with Crippen molar-refractivity contribution in [2.45, 2.75) is 13.8 Å². The average molecular weight is 206 g/mol. The molecule has 0 bridgehead atoms. The fraction of sp³-hybridized carbons (Fsp3) is 0.143. The molecule has 2 rings (SSSR count). The maximum atomic E-state index is 7.88. The predicted octanol–water partition coefficient (Wildman–Crippen LogP) is 4.10. The maximum absolute atomic E-state index is 7.88. The smallest absolute Gasteiger partial charge is 0.127 e. The zero-order valence-electron chi connectivity index (χ0n) is 16.4. The van der Waals surface area contributed by atoms with Gasteiger partial charge in [0.2, 0.25) is 0 Å². The highest BCUT2D eigenvalue weighted by Gasteiger charge is 1.95. The lowest BCUT2D eigenvalue weighted by molar-refractivity contribution is 0.482. The van der Waals surface area contributed by atoms with E-state index in [2.05, 4.69) is 0 Å². The Kier molecular flexibility index (Phi) is 1.12. The van der Waals surface area contributed by atoms with Crippen molar-refractivity contribution in [3.63, 3.8) is 0 Å². The quantitative estimate of drug-likeness (QED) is 0.719. The van der Waals surface area contributed by atoms with Crippen LogP contribution in [0.1, 0.15) is 22.1 Å². The van der Waals surface area contributed by atoms with Gasteiger partial charge < -0.3 is 4.74 Å². The van der Waals surface area contributed by atoms with Crippen LogP contribution < -0.4 is 4.74 Å². The second-order valence-electron chi connectivity index (χ2n) is 3.01. The van der Waals surface area contributed by atoms with Crippen LogP contribution in [0.5, 0.6) is 11.5 Å². The summed E-state index contributed by atoms with van der Waals surface area (Å²) >= 11 is 0. The van der Waals surface area contributed by atoms with E-state index in [0.717, 1.165) is 0 Å². The predicted molar refractivity (Wildman–Crippen MR) is 62.4 cm³/mol. The van der Waals surface area contributed by atoms with Crippen molar-refractivity contribution in [1.82, 2.24) is 0 Å². The molecule has 2 aromatic rings. The maximum Gasteiger partial charge on any atom is 0.127 e. The van der Waals surface area contributed by atoms with Gasteiger partial charge in [-0.15, -0.1) is 0 Å². The van der Waals surface area contributed by atoms with E-state index in [4.69, 9.17) is 15.7 Å². The van der Waals surface area contributed by atoms with E-state index in [1.54, 1.807) is 0 Å². The molecule has 0 radical (unpaired) electrons. The van der Waals surface area contributed by atoms with Crippen molar-refractivity contribution >= 4 is 0 Å². The third-order valence-corrected chi connectivity index (χ3v) is 1.66. The van der Waals surface area contributed by atoms with E-state index < -0.39 is 35.7 Å². The van der Waals surface area contributed by atoms with Crippen LogP contribution in [-0.2, 0) is 0 Å². The molecule has 76 valence electrons. The van der Waals surface area contributed by atoms with Gasteiger partial charge in [0, 0.05) is 0 Å². The number of benzene rings is 2. The Bertz CT molecular complexity index is 690. The lowest BCUT2D eigenvalue weighted by Gasteiger charge is -2.05. The zero-order valence-corrected chi connectivity index (χ0v) is 8.41. The second kappa shape index (κ2) is 4.18. The van der Waals surface area contributed by atoms with Gasteiger partial charge in [-0.2, -0.15) is 0 Å². The molecule has 0 amide bonds. The first-order valence-corrected chi connectivity index (χ1v) is 4.41. The molecule has 0 spiro atoms. The van der Waals surface area contributed by atoms with Crippen LogP contribution in [0.3, 0.4) is 0 Å². The molecule has 0 aliphatic heterocycles. The summed E-state index contributed by atoms with van der Waals surface area (Å²) < 4.78 is 67.9. The van der Waals surface area contributed by atoms with E-state index in [9.17, 15) is 0 Å². The number of hydrogen-bond donors (Lipinski definition) is 0. The highest BCUT2D eigenvalue weighted by molar-refractivity contribution is 5.33. The highest BCUT2D eigenvalue weighted by Crippen LogP contribution is 2.21. The normalized spacial score (nSPS) is 17.5. The minimum absolute atomic E-state index is 0.163. The van der Waals surface area contributed by atoms with Gasteiger partial charge in [-0.3, -0.25) is 0 Å². The average Bonchev–Trinajstić information content (AvgIpc) is 2.54. The van der Waals surface area contributed by atoms with E-state index in [1.807, 2.05) is 0 Å². The molecule has 1 nitrogen and oxygen atoms in total. The van der Waals surface area contributed by atoms with E-state index in [0.29, 0.717) is 0 Å². The number of ether oxygens (including phenoxy) is 1. The minimum atomic E-state index is -0.430. The minimum Gasteiger partial charge on any atom is -0.457 e. The first-order valence-electron chi connectivity index (χ1n) is 8.41. The van der Waals surface area contributed by atoms with Crippen LogP contribution in [0.25, 0.3) is 0 Å². The van der Waals surface area contributed by atoms with Gasteiger partial charge in [0.25, 0.3) is 0 Å². The Balaban J connectivity index is 2.71. The lowest BCUT2D eigenvalue weighted by Crippen LogP contribution is -1.84. The van der Waals surface area contributed by atoms with Gasteiger partial charge >= 0.3 is 0 Å². The number of rotatable bonds is 2. The first-order chi connectivity index (χ1) is 10.6. The second-order valence-corrected chi connectivity index (χ2v) is 3.01. The van der Waals surface area contributed by atoms with Crippen molar-refractivity contribution in [3.05, 3.63) is 59.5 Å². The molecule has 2 aromatic carbocycles. The molecule has 0 fully saturated rings. The van der Waals surface area contributed by atoms with Crippen LogP contribution in [0, 0.1) is 13.8 Å². The SMILES string of the molecule is [2H]c1c([2H])c(Oc2c([2H])c([2H])c(C)c([2H])c2[2H])c([2H])c([2H])c1C. The molecule has 0 aliphatic carbocycles. The summed E-state index contributed by atoms with van der Waals surface area (Å²) in [5.41, 5.74) is 0.326. The van der Waals surface area contributed by atoms with Gasteiger partial charge in [-0.1, -0.05) is 35.3 Å². The molecule has 0 atom stereocenters. The Morgan fingerprint density at radius 3 is 1.40 bits per heavy atom. The molecule has 15 heavy (non-hydrogen) atoms. The van der Waals surface area contributed by atoms with Gasteiger partial charge in [0.05, 0.1) is 11.0 Å². The Labute approximate surface area is 102 Å². The molecule has 1 heteroatoms. The molecule has 0 aromatic heterocycles. The largest absolute Gasteiger partial charge is 0.457 e. The Morgan fingerprint density at radius 2 is 1.07 bits per heavy atom. The van der Waals surface area contributed by atoms with Gasteiger partial charge in [-0.25, -0.2) is 0 Å². The van der Waals surface area contributed by atoms with E-state index >= 15 is 0 Å². The summed E-state index contributed by atoms with van der Waals surface area (Å²) in [4.78, 5) is 0. The molecule has 0 unspecified atom stereocenters. The van der Waals surface area contributed by atoms with Crippen LogP contribution in [0.15, 0.2) is 48.3 Å². The fourth-order valence-electron chi connectivity index (χ4n) is 0.931. The standard InChI is InChI=1S/C14H14O/c1-11-3-7-13(8-4-11)15-14-9-5-12(2)6-10-14/h3-10H,1-2H3/i3D,4D,5D,6D,7D,8D,9D,10D. The molecule has 0 saturated heterocycles. The van der Waals surface area contributed by atoms with Crippen LogP contribution in [-0.4, -0.2) is 0 Å². The summed E-state index contributed by atoms with van der Waals surface area (Å²) in [5.74, 6) is -0.842. The van der Waals surface area contributed by atoms with E-state index in [-0.39, 0.29) is 35.3 Å². The lowest BCUT2D eigenvalue weighted by atomic mass is 10.2. The van der Waals surface area contributed by atoms with Gasteiger partial charge in [-0.05, 0) is 38.0 Å². The fourth-order valence-corrected chi connectivity index (χ4v) is 0.931. The van der Waals surface area contributed by atoms with Crippen LogP contribution in [0.4, 0.5) is 0 Å². The Hall–Kier alpha value is -1.76. The van der Waals surface area contributed by atoms with Crippen molar-refractivity contribution in [1.29, 1.82) is 0 Å². The molecule has 0 saturated carbocycles. The summed E-state index contributed by atoms with van der Waals surface area (Å²) in [6, 6.07) is -2.82. The van der Waals surface area contributed by atoms with Crippen molar-refractivity contribution in [3.8, 4) is 11.5 Å². The molecule has 0 aliphatic rings. The third kappa shape index (κ3) is 2.59. The van der Waals surface area contributed by atoms with Crippen LogP contribution in [0.2, 0.25) is 0 Å². The number of hydrogen-bond acceptors (Lipinski definition) is 1. The first kappa shape index (κ1) is 4.01. The Morgan fingerprint density at radius 1 is 0.733 bits per heavy atom. The highest BCUT2D eigenvalue weighted by atomic mass is 16.5. The van der Waals surface area contributed by atoms with Crippen LogP contribution >= 0.6 is 0 Å². The topological polar surface area (TPSA) is 9.23 Å². The molecule has 0 heterocycles. The monoisotopic (exact) mass is 206 g/mol. The summed E-state index contributed by atoms with van der Waals surface area (Å²) in [7, 11) is 0. The van der Waals surface area contributed by atoms with Crippen molar-refractivity contribution < 1.29 is 15.7 Å². The summed E-state index contributed by atoms with van der Waals surface area (Å²) in [6.07, 6.45) is 0. The zero-order chi connectivity index (χ0) is 17.6. The van der Waals surface area contributed by atoms with Crippen molar-refractivity contribution in [2.24, 2.45) is 0 Å².